The largest absolute Gasteiger partial charge is 0.325 e. The maximum Gasteiger partial charge on any atom is 0.321 e. The molecule has 3 rings (SSSR count). The standard InChI is InChI=1S/C18H19F2N5O.H2/c1-9(2)12-8-15(24-14-7-10(3)21-11(4)22-14)23-13-5-6-25(18(19)20)17(26)16(12)13;/h5-9,18H,1-4H3,(H,21,22,23,24);1H. The topological polar surface area (TPSA) is 72.7 Å². The average Bonchev–Trinajstić information content (AvgIpc) is 2.52. The summed E-state index contributed by atoms with van der Waals surface area (Å²) in [5, 5.41) is 3.32. The number of nitrogens with one attached hydrogen (secondary N) is 1. The van der Waals surface area contributed by atoms with Gasteiger partial charge in [-0.1, -0.05) is 13.8 Å². The first-order valence-corrected chi connectivity index (χ1v) is 8.19. The number of anilines is 2. The third kappa shape index (κ3) is 3.40. The lowest BCUT2D eigenvalue weighted by atomic mass is 9.99. The van der Waals surface area contributed by atoms with Crippen LogP contribution >= 0.6 is 0 Å². The number of rotatable bonds is 4. The van der Waals surface area contributed by atoms with E-state index in [1.54, 1.807) is 19.1 Å². The summed E-state index contributed by atoms with van der Waals surface area (Å²) in [6.45, 7) is 4.56. The third-order valence-corrected chi connectivity index (χ3v) is 3.97. The molecular weight excluding hydrogens is 340 g/mol. The van der Waals surface area contributed by atoms with Gasteiger partial charge in [0.15, 0.2) is 0 Å². The summed E-state index contributed by atoms with van der Waals surface area (Å²) in [6.07, 6.45) is 1.06. The van der Waals surface area contributed by atoms with Crippen molar-refractivity contribution in [3.63, 3.8) is 0 Å². The Hall–Kier alpha value is -2.90. The highest BCUT2D eigenvalue weighted by atomic mass is 19.3. The van der Waals surface area contributed by atoms with E-state index in [4.69, 9.17) is 0 Å². The molecule has 26 heavy (non-hydrogen) atoms. The van der Waals surface area contributed by atoms with Gasteiger partial charge in [0, 0.05) is 19.4 Å². The van der Waals surface area contributed by atoms with Crippen molar-refractivity contribution in [3.05, 3.63) is 51.8 Å². The number of hydrogen-bond acceptors (Lipinski definition) is 5. The van der Waals surface area contributed by atoms with Crippen LogP contribution in [0.25, 0.3) is 10.9 Å². The highest BCUT2D eigenvalue weighted by Gasteiger charge is 2.17. The zero-order valence-corrected chi connectivity index (χ0v) is 14.9. The molecule has 3 heterocycles. The number of nitrogens with zero attached hydrogens (tertiary/aromatic N) is 4. The Labute approximate surface area is 150 Å². The van der Waals surface area contributed by atoms with Crippen LogP contribution in [0.2, 0.25) is 0 Å². The number of alkyl halides is 2. The van der Waals surface area contributed by atoms with E-state index in [1.165, 1.54) is 6.07 Å². The molecule has 138 valence electrons. The van der Waals surface area contributed by atoms with Gasteiger partial charge in [0.1, 0.15) is 17.5 Å². The Balaban J connectivity index is 0.00000261. The van der Waals surface area contributed by atoms with Gasteiger partial charge in [-0.3, -0.25) is 9.36 Å². The van der Waals surface area contributed by atoms with E-state index in [0.717, 1.165) is 11.9 Å². The molecule has 0 saturated carbocycles. The molecule has 3 aromatic heterocycles. The van der Waals surface area contributed by atoms with Crippen LogP contribution in [0.1, 0.15) is 44.8 Å². The molecule has 0 bridgehead atoms. The first kappa shape index (κ1) is 17.9. The van der Waals surface area contributed by atoms with E-state index in [0.29, 0.717) is 33.1 Å². The normalized spacial score (nSPS) is 11.5. The molecule has 3 aromatic rings. The minimum atomic E-state index is -2.89. The molecule has 8 heteroatoms. The highest BCUT2D eigenvalue weighted by Crippen LogP contribution is 2.26. The Morgan fingerprint density at radius 1 is 1.12 bits per heavy atom. The lowest BCUT2D eigenvalue weighted by molar-refractivity contribution is 0.0669. The van der Waals surface area contributed by atoms with Crippen LogP contribution in [-0.2, 0) is 0 Å². The minimum absolute atomic E-state index is 0. The van der Waals surface area contributed by atoms with Gasteiger partial charge in [-0.25, -0.2) is 15.0 Å². The van der Waals surface area contributed by atoms with Crippen LogP contribution in [0, 0.1) is 13.8 Å². The van der Waals surface area contributed by atoms with Crippen LogP contribution in [0.5, 0.6) is 0 Å². The molecule has 0 spiro atoms. The summed E-state index contributed by atoms with van der Waals surface area (Å²) in [7, 11) is 0. The second-order valence-corrected chi connectivity index (χ2v) is 6.38. The van der Waals surface area contributed by atoms with Crippen LogP contribution in [-0.4, -0.2) is 19.5 Å². The van der Waals surface area contributed by atoms with Crippen molar-refractivity contribution in [2.24, 2.45) is 0 Å². The van der Waals surface area contributed by atoms with Gasteiger partial charge in [-0.15, -0.1) is 0 Å². The van der Waals surface area contributed by atoms with E-state index < -0.39 is 12.1 Å². The molecule has 0 aliphatic carbocycles. The molecule has 0 amide bonds. The van der Waals surface area contributed by atoms with Crippen molar-refractivity contribution >= 4 is 22.5 Å². The van der Waals surface area contributed by atoms with Crippen molar-refractivity contribution in [2.75, 3.05) is 5.32 Å². The lowest BCUT2D eigenvalue weighted by Gasteiger charge is -2.14. The zero-order chi connectivity index (χ0) is 19.0. The summed E-state index contributed by atoms with van der Waals surface area (Å²) < 4.78 is 26.5. The van der Waals surface area contributed by atoms with E-state index in [2.05, 4.69) is 20.3 Å². The van der Waals surface area contributed by atoms with Gasteiger partial charge >= 0.3 is 6.55 Å². The SMILES string of the molecule is Cc1cc(Nc2cc(C(C)C)c3c(=O)n(C(F)F)ccc3n2)nc(C)n1.[HH]. The number of hydrogen-bond donors (Lipinski definition) is 1. The maximum atomic E-state index is 13.0. The Morgan fingerprint density at radius 3 is 2.42 bits per heavy atom. The zero-order valence-electron chi connectivity index (χ0n) is 14.9. The fourth-order valence-electron chi connectivity index (χ4n) is 2.87. The lowest BCUT2D eigenvalue weighted by Crippen LogP contribution is -2.22. The molecular formula is C18H21F2N5O. The summed E-state index contributed by atoms with van der Waals surface area (Å²) in [5.74, 6) is 1.65. The van der Waals surface area contributed by atoms with E-state index in [-0.39, 0.29) is 12.7 Å². The van der Waals surface area contributed by atoms with Crippen LogP contribution in [0.15, 0.2) is 29.2 Å². The molecule has 0 unspecified atom stereocenters. The van der Waals surface area contributed by atoms with Crippen LogP contribution < -0.4 is 10.9 Å². The Bertz CT molecular complexity index is 1020. The molecule has 1 N–H and O–H groups in total. The number of aromatic nitrogens is 4. The van der Waals surface area contributed by atoms with Crippen molar-refractivity contribution in [1.82, 2.24) is 19.5 Å². The predicted octanol–water partition coefficient (Wildman–Crippen LogP) is 4.31. The number of fused-ring (bicyclic) bond motifs is 1. The third-order valence-electron chi connectivity index (χ3n) is 3.97. The number of aryl methyl sites for hydroxylation is 2. The second kappa shape index (κ2) is 6.78. The molecule has 0 aliphatic rings. The molecule has 6 nitrogen and oxygen atoms in total. The summed E-state index contributed by atoms with van der Waals surface area (Å²) in [4.78, 5) is 25.4. The Morgan fingerprint density at radius 2 is 1.81 bits per heavy atom. The summed E-state index contributed by atoms with van der Waals surface area (Å²) in [5.41, 5.74) is 1.08. The molecule has 0 fully saturated rings. The number of halogens is 2. The molecule has 0 aliphatic heterocycles. The van der Waals surface area contributed by atoms with Crippen molar-refractivity contribution < 1.29 is 10.2 Å². The maximum absolute atomic E-state index is 13.0. The average molecular weight is 361 g/mol. The molecule has 0 atom stereocenters. The van der Waals surface area contributed by atoms with Crippen LogP contribution in [0.3, 0.4) is 0 Å². The highest BCUT2D eigenvalue weighted by molar-refractivity contribution is 5.84. The van der Waals surface area contributed by atoms with Gasteiger partial charge < -0.3 is 5.32 Å². The van der Waals surface area contributed by atoms with Crippen LogP contribution in [0.4, 0.5) is 20.4 Å². The molecule has 0 radical (unpaired) electrons. The van der Waals surface area contributed by atoms with Gasteiger partial charge in [0.25, 0.3) is 5.56 Å². The van der Waals surface area contributed by atoms with Crippen molar-refractivity contribution in [3.8, 4) is 0 Å². The van der Waals surface area contributed by atoms with E-state index in [9.17, 15) is 13.6 Å². The molecule has 0 aromatic carbocycles. The van der Waals surface area contributed by atoms with E-state index >= 15 is 0 Å². The minimum Gasteiger partial charge on any atom is -0.325 e. The van der Waals surface area contributed by atoms with Gasteiger partial charge in [-0.2, -0.15) is 8.78 Å². The van der Waals surface area contributed by atoms with Gasteiger partial charge in [0.2, 0.25) is 0 Å². The van der Waals surface area contributed by atoms with Gasteiger partial charge in [-0.05, 0) is 37.5 Å². The fourth-order valence-corrected chi connectivity index (χ4v) is 2.87. The Kier molecular flexibility index (Phi) is 4.67. The smallest absolute Gasteiger partial charge is 0.321 e. The molecule has 0 saturated heterocycles. The summed E-state index contributed by atoms with van der Waals surface area (Å²) >= 11 is 0. The van der Waals surface area contributed by atoms with Gasteiger partial charge in [0.05, 0.1) is 10.9 Å². The predicted molar refractivity (Wildman–Crippen MR) is 98.2 cm³/mol. The monoisotopic (exact) mass is 361 g/mol. The quantitative estimate of drug-likeness (QED) is 0.749. The first-order chi connectivity index (χ1) is 12.3. The number of pyridine rings is 2. The fraction of sp³-hybridized carbons (Fsp3) is 0.333. The van der Waals surface area contributed by atoms with Crippen molar-refractivity contribution in [2.45, 2.75) is 40.2 Å². The first-order valence-electron chi connectivity index (χ1n) is 8.19. The van der Waals surface area contributed by atoms with E-state index in [1.807, 2.05) is 20.8 Å². The second-order valence-electron chi connectivity index (χ2n) is 6.38. The van der Waals surface area contributed by atoms with Crippen molar-refractivity contribution in [1.29, 1.82) is 0 Å². The summed E-state index contributed by atoms with van der Waals surface area (Å²) in [6, 6.07) is 4.91.